The fourth-order valence-corrected chi connectivity index (χ4v) is 2.75. The average molecular weight is 297 g/mol. The van der Waals surface area contributed by atoms with Crippen molar-refractivity contribution in [2.24, 2.45) is 0 Å². The van der Waals surface area contributed by atoms with Gasteiger partial charge in [-0.25, -0.2) is 0 Å². The molecule has 0 saturated carbocycles. The summed E-state index contributed by atoms with van der Waals surface area (Å²) in [5, 5.41) is 1.98. The molecular formula is C12H15N3O2S2. The minimum absolute atomic E-state index is 0.251. The van der Waals surface area contributed by atoms with Crippen LogP contribution in [0, 0.1) is 0 Å². The van der Waals surface area contributed by atoms with Crippen LogP contribution in [-0.4, -0.2) is 31.8 Å². The Balaban J connectivity index is 2.13. The number of nitrogens with zero attached hydrogens (tertiary/aromatic N) is 2. The molecule has 0 saturated heterocycles. The van der Waals surface area contributed by atoms with E-state index in [9.17, 15) is 8.42 Å². The van der Waals surface area contributed by atoms with Crippen LogP contribution in [0.1, 0.15) is 5.56 Å². The van der Waals surface area contributed by atoms with E-state index in [4.69, 9.17) is 0 Å². The van der Waals surface area contributed by atoms with Crippen molar-refractivity contribution in [3.8, 4) is 10.6 Å². The maximum absolute atomic E-state index is 11.6. The van der Waals surface area contributed by atoms with E-state index in [0.29, 0.717) is 0 Å². The number of aromatic nitrogens is 1. The second kappa shape index (κ2) is 5.79. The molecule has 19 heavy (non-hydrogen) atoms. The van der Waals surface area contributed by atoms with Crippen LogP contribution in [-0.2, 0) is 16.8 Å². The number of hydrogen-bond acceptors (Lipinski definition) is 4. The van der Waals surface area contributed by atoms with Gasteiger partial charge >= 0.3 is 0 Å². The Morgan fingerprint density at radius 2 is 2.16 bits per heavy atom. The van der Waals surface area contributed by atoms with E-state index in [-0.39, 0.29) is 6.54 Å². The molecule has 0 amide bonds. The molecule has 0 aliphatic rings. The Kier molecular flexibility index (Phi) is 4.31. The normalized spacial score (nSPS) is 11.9. The van der Waals surface area contributed by atoms with Crippen LogP contribution in [0.3, 0.4) is 0 Å². The van der Waals surface area contributed by atoms with Gasteiger partial charge < -0.3 is 0 Å². The molecule has 2 aromatic heterocycles. The summed E-state index contributed by atoms with van der Waals surface area (Å²) in [6.07, 6.45) is 1.69. The van der Waals surface area contributed by atoms with Crippen molar-refractivity contribution in [1.82, 2.24) is 14.0 Å². The SMILES string of the molecule is CN(C)S(=O)(=O)NCc1ccnc(-c2cccs2)c1. The monoisotopic (exact) mass is 297 g/mol. The van der Waals surface area contributed by atoms with Crippen LogP contribution in [0.25, 0.3) is 10.6 Å². The van der Waals surface area contributed by atoms with Gasteiger partial charge in [0.15, 0.2) is 0 Å². The number of nitrogens with one attached hydrogen (secondary N) is 1. The minimum atomic E-state index is -3.40. The lowest BCUT2D eigenvalue weighted by Crippen LogP contribution is -2.35. The van der Waals surface area contributed by atoms with Crippen LogP contribution in [0.4, 0.5) is 0 Å². The lowest BCUT2D eigenvalue weighted by Gasteiger charge is -2.12. The van der Waals surface area contributed by atoms with E-state index in [1.54, 1.807) is 23.6 Å². The Morgan fingerprint density at radius 1 is 1.37 bits per heavy atom. The average Bonchev–Trinajstić information content (AvgIpc) is 2.90. The zero-order chi connectivity index (χ0) is 13.9. The Morgan fingerprint density at radius 3 is 2.79 bits per heavy atom. The van der Waals surface area contributed by atoms with Crippen molar-refractivity contribution in [2.75, 3.05) is 14.1 Å². The summed E-state index contributed by atoms with van der Waals surface area (Å²) in [5.74, 6) is 0. The van der Waals surface area contributed by atoms with Crippen molar-refractivity contribution >= 4 is 21.5 Å². The number of thiophene rings is 1. The number of rotatable bonds is 5. The van der Waals surface area contributed by atoms with Gasteiger partial charge in [-0.05, 0) is 29.1 Å². The molecule has 2 rings (SSSR count). The maximum Gasteiger partial charge on any atom is 0.279 e. The lowest BCUT2D eigenvalue weighted by atomic mass is 10.2. The molecule has 7 heteroatoms. The summed E-state index contributed by atoms with van der Waals surface area (Å²) in [5.41, 5.74) is 1.74. The van der Waals surface area contributed by atoms with Gasteiger partial charge in [-0.15, -0.1) is 11.3 Å². The van der Waals surface area contributed by atoms with Crippen LogP contribution in [0.2, 0.25) is 0 Å². The van der Waals surface area contributed by atoms with Gasteiger partial charge in [0.25, 0.3) is 10.2 Å². The molecular weight excluding hydrogens is 282 g/mol. The van der Waals surface area contributed by atoms with Crippen molar-refractivity contribution < 1.29 is 8.42 Å². The highest BCUT2D eigenvalue weighted by atomic mass is 32.2. The molecule has 1 N–H and O–H groups in total. The Bertz CT molecular complexity index is 637. The number of hydrogen-bond donors (Lipinski definition) is 1. The molecule has 0 aliphatic heterocycles. The van der Waals surface area contributed by atoms with Crippen molar-refractivity contribution in [2.45, 2.75) is 6.54 Å². The zero-order valence-corrected chi connectivity index (χ0v) is 12.3. The van der Waals surface area contributed by atoms with E-state index in [1.165, 1.54) is 14.1 Å². The molecule has 0 atom stereocenters. The molecule has 2 aromatic rings. The largest absolute Gasteiger partial charge is 0.279 e. The first-order valence-corrected chi connectivity index (χ1v) is 7.97. The van der Waals surface area contributed by atoms with Gasteiger partial charge in [0.2, 0.25) is 0 Å². The zero-order valence-electron chi connectivity index (χ0n) is 10.7. The topological polar surface area (TPSA) is 62.3 Å². The van der Waals surface area contributed by atoms with E-state index in [0.717, 1.165) is 20.4 Å². The van der Waals surface area contributed by atoms with Gasteiger partial charge in [0, 0.05) is 26.8 Å². The third-order valence-corrected chi connectivity index (χ3v) is 4.90. The van der Waals surface area contributed by atoms with Gasteiger partial charge in [-0.2, -0.15) is 17.4 Å². The minimum Gasteiger partial charge on any atom is -0.255 e. The smallest absolute Gasteiger partial charge is 0.255 e. The predicted octanol–water partition coefficient (Wildman–Crippen LogP) is 1.71. The molecule has 0 aromatic carbocycles. The highest BCUT2D eigenvalue weighted by Crippen LogP contribution is 2.22. The van der Waals surface area contributed by atoms with Gasteiger partial charge in [0.1, 0.15) is 0 Å². The third-order valence-electron chi connectivity index (χ3n) is 2.54. The van der Waals surface area contributed by atoms with Crippen molar-refractivity contribution in [1.29, 1.82) is 0 Å². The highest BCUT2D eigenvalue weighted by Gasteiger charge is 2.12. The fourth-order valence-electron chi connectivity index (χ4n) is 1.45. The highest BCUT2D eigenvalue weighted by molar-refractivity contribution is 7.87. The summed E-state index contributed by atoms with van der Waals surface area (Å²) >= 11 is 1.60. The summed E-state index contributed by atoms with van der Waals surface area (Å²) < 4.78 is 26.9. The summed E-state index contributed by atoms with van der Waals surface area (Å²) in [6.45, 7) is 0.251. The fraction of sp³-hybridized carbons (Fsp3) is 0.250. The number of pyridine rings is 1. The summed E-state index contributed by atoms with van der Waals surface area (Å²) in [7, 11) is -0.413. The first-order chi connectivity index (χ1) is 8.99. The molecule has 0 aliphatic carbocycles. The van der Waals surface area contributed by atoms with Crippen molar-refractivity contribution in [3.05, 3.63) is 41.4 Å². The third kappa shape index (κ3) is 3.60. The van der Waals surface area contributed by atoms with E-state index < -0.39 is 10.2 Å². The molecule has 0 bridgehead atoms. The van der Waals surface area contributed by atoms with Gasteiger partial charge in [0.05, 0.1) is 10.6 Å². The second-order valence-corrected chi connectivity index (χ2v) is 7.05. The van der Waals surface area contributed by atoms with Crippen molar-refractivity contribution in [3.63, 3.8) is 0 Å². The molecule has 5 nitrogen and oxygen atoms in total. The molecule has 2 heterocycles. The first-order valence-electron chi connectivity index (χ1n) is 5.65. The van der Waals surface area contributed by atoms with E-state index >= 15 is 0 Å². The van der Waals surface area contributed by atoms with Crippen LogP contribution < -0.4 is 4.72 Å². The first kappa shape index (κ1) is 14.1. The van der Waals surface area contributed by atoms with E-state index in [2.05, 4.69) is 9.71 Å². The van der Waals surface area contributed by atoms with Crippen LogP contribution in [0.15, 0.2) is 35.8 Å². The Labute approximate surface area is 117 Å². The Hall–Kier alpha value is -1.28. The lowest BCUT2D eigenvalue weighted by molar-refractivity contribution is 0.505. The predicted molar refractivity (Wildman–Crippen MR) is 77.0 cm³/mol. The quantitative estimate of drug-likeness (QED) is 0.914. The molecule has 0 spiro atoms. The van der Waals surface area contributed by atoms with Gasteiger partial charge in [-0.1, -0.05) is 6.07 Å². The molecule has 0 fully saturated rings. The molecule has 0 radical (unpaired) electrons. The van der Waals surface area contributed by atoms with Crippen LogP contribution >= 0.6 is 11.3 Å². The molecule has 102 valence electrons. The van der Waals surface area contributed by atoms with Gasteiger partial charge in [-0.3, -0.25) is 4.98 Å². The summed E-state index contributed by atoms with van der Waals surface area (Å²) in [4.78, 5) is 5.35. The molecule has 0 unspecified atom stereocenters. The maximum atomic E-state index is 11.6. The standard InChI is InChI=1S/C12H15N3O2S2/c1-15(2)19(16,17)14-9-10-5-6-13-11(8-10)12-4-3-7-18-12/h3-8,14H,9H2,1-2H3. The second-order valence-electron chi connectivity index (χ2n) is 4.14. The van der Waals surface area contributed by atoms with E-state index in [1.807, 2.05) is 23.6 Å². The summed E-state index contributed by atoms with van der Waals surface area (Å²) in [6, 6.07) is 7.64. The van der Waals surface area contributed by atoms with Crippen LogP contribution in [0.5, 0.6) is 0 Å².